The zero-order chi connectivity index (χ0) is 56.7. The first-order valence-electron chi connectivity index (χ1n) is 24.9. The maximum Gasteiger partial charge on any atom is 0.244 e. The van der Waals surface area contributed by atoms with E-state index in [1.165, 1.54) is 26.4 Å². The van der Waals surface area contributed by atoms with E-state index in [-0.39, 0.29) is 81.5 Å². The summed E-state index contributed by atoms with van der Waals surface area (Å²) in [5.74, 6) is -7.96. The van der Waals surface area contributed by atoms with Crippen LogP contribution < -0.4 is 71.2 Å². The van der Waals surface area contributed by atoms with Gasteiger partial charge in [-0.2, -0.15) is 0 Å². The number of hydrogen-bond acceptors (Lipinski definition) is 14. The second kappa shape index (κ2) is 30.4. The number of rotatable bonds is 18. The van der Waals surface area contributed by atoms with E-state index in [1.54, 1.807) is 42.6 Å². The molecule has 1 saturated heterocycles. The molecule has 0 bridgehead atoms. The second-order valence-corrected chi connectivity index (χ2v) is 20.8. The summed E-state index contributed by atoms with van der Waals surface area (Å²) in [4.78, 5) is 144. The molecule has 8 atom stereocenters. The molecule has 2 aromatic carbocycles. The molecule has 9 amide bonds. The minimum atomic E-state index is -1.40. The SMILES string of the molecule is CC(=O)N[C@@H](CCCN=C(N)N)C(=O)NC1CSSCC(C(N)=O)NC(=O)C(Cc2c[nH]c3ccccc23)NC(=O)[C@H](CCCN=C(N)N)NC(=O)C(Cc2ccccc2)NC(=O)[C@H](Cc2cnc[nH]2)NC(=O)[C@@H](C)NC1=O. The van der Waals surface area contributed by atoms with E-state index in [0.29, 0.717) is 16.8 Å². The Bertz CT molecular complexity index is 2770. The molecule has 0 spiro atoms. The number of fused-ring (bicyclic) bond motifs is 1. The van der Waals surface area contributed by atoms with E-state index in [0.717, 1.165) is 32.5 Å². The molecule has 29 heteroatoms. The second-order valence-electron chi connectivity index (χ2n) is 18.3. The third kappa shape index (κ3) is 19.7. The van der Waals surface area contributed by atoms with Crippen molar-refractivity contribution < 1.29 is 43.2 Å². The van der Waals surface area contributed by atoms with Gasteiger partial charge in [-0.25, -0.2) is 4.98 Å². The molecule has 420 valence electrons. The van der Waals surface area contributed by atoms with Gasteiger partial charge in [-0.3, -0.25) is 53.1 Å². The summed E-state index contributed by atoms with van der Waals surface area (Å²) in [6.07, 6.45) is 4.53. The molecule has 0 aliphatic carbocycles. The fourth-order valence-corrected chi connectivity index (χ4v) is 10.4. The summed E-state index contributed by atoms with van der Waals surface area (Å²) < 4.78 is 0. The Kier molecular flexibility index (Phi) is 23.6. The normalized spacial score (nSPS) is 21.7. The lowest BCUT2D eigenvalue weighted by atomic mass is 10.0. The summed E-state index contributed by atoms with van der Waals surface area (Å²) >= 11 is 0. The van der Waals surface area contributed by atoms with Gasteiger partial charge in [0, 0.05) is 79.8 Å². The van der Waals surface area contributed by atoms with Crippen LogP contribution in [0.1, 0.15) is 56.4 Å². The van der Waals surface area contributed by atoms with Crippen LogP contribution in [0.4, 0.5) is 0 Å². The predicted molar refractivity (Wildman–Crippen MR) is 295 cm³/mol. The van der Waals surface area contributed by atoms with E-state index in [9.17, 15) is 43.2 Å². The summed E-state index contributed by atoms with van der Waals surface area (Å²) in [6.45, 7) is 2.74. The fraction of sp³-hybridized carbons (Fsp3) is 0.429. The Balaban J connectivity index is 1.55. The zero-order valence-corrected chi connectivity index (χ0v) is 44.7. The minimum Gasteiger partial charge on any atom is -0.370 e. The van der Waals surface area contributed by atoms with Crippen LogP contribution >= 0.6 is 21.6 Å². The summed E-state index contributed by atoms with van der Waals surface area (Å²) in [7, 11) is 2.02. The molecule has 27 nitrogen and oxygen atoms in total. The van der Waals surface area contributed by atoms with Crippen molar-refractivity contribution in [2.75, 3.05) is 24.6 Å². The maximum atomic E-state index is 14.6. The van der Waals surface area contributed by atoms with Crippen LogP contribution in [0.3, 0.4) is 0 Å². The van der Waals surface area contributed by atoms with E-state index >= 15 is 0 Å². The molecule has 20 N–H and O–H groups in total. The molecule has 5 rings (SSSR count). The number of para-hydroxylation sites is 1. The number of hydrogen-bond donors (Lipinski definition) is 15. The number of aromatic nitrogens is 3. The Morgan fingerprint density at radius 3 is 1.92 bits per heavy atom. The topological polar surface area (TPSA) is 449 Å². The number of nitrogens with zero attached hydrogens (tertiary/aromatic N) is 3. The molecular formula is C49H68N18O9S2. The third-order valence-corrected chi connectivity index (χ3v) is 14.5. The fourth-order valence-electron chi connectivity index (χ4n) is 8.05. The molecule has 3 heterocycles. The van der Waals surface area contributed by atoms with Gasteiger partial charge in [0.25, 0.3) is 0 Å². The monoisotopic (exact) mass is 1120 g/mol. The highest BCUT2D eigenvalue weighted by Gasteiger charge is 2.35. The predicted octanol–water partition coefficient (Wildman–Crippen LogP) is -3.18. The van der Waals surface area contributed by atoms with Crippen molar-refractivity contribution in [2.45, 2.75) is 107 Å². The number of aromatic amines is 2. The van der Waals surface area contributed by atoms with Crippen LogP contribution in [0.5, 0.6) is 0 Å². The lowest BCUT2D eigenvalue weighted by Gasteiger charge is -2.27. The Labute approximate surface area is 457 Å². The van der Waals surface area contributed by atoms with Crippen LogP contribution in [0.2, 0.25) is 0 Å². The van der Waals surface area contributed by atoms with Crippen LogP contribution in [0.15, 0.2) is 83.3 Å². The smallest absolute Gasteiger partial charge is 0.244 e. The molecule has 0 saturated carbocycles. The molecule has 2 aromatic heterocycles. The largest absolute Gasteiger partial charge is 0.370 e. The quantitative estimate of drug-likeness (QED) is 0.0202. The maximum absolute atomic E-state index is 14.6. The first kappa shape index (κ1) is 60.5. The van der Waals surface area contributed by atoms with Gasteiger partial charge < -0.3 is 81.2 Å². The lowest BCUT2D eigenvalue weighted by molar-refractivity contribution is -0.135. The molecule has 1 aliphatic rings. The highest BCUT2D eigenvalue weighted by molar-refractivity contribution is 8.76. The van der Waals surface area contributed by atoms with E-state index in [1.807, 2.05) is 18.2 Å². The van der Waals surface area contributed by atoms with Gasteiger partial charge in [0.1, 0.15) is 48.3 Å². The van der Waals surface area contributed by atoms with Gasteiger partial charge in [-0.15, -0.1) is 0 Å². The first-order chi connectivity index (χ1) is 37.3. The molecule has 0 radical (unpaired) electrons. The number of nitrogens with one attached hydrogen (secondary N) is 10. The number of H-pyrrole nitrogens is 2. The molecule has 1 aliphatic heterocycles. The zero-order valence-electron chi connectivity index (χ0n) is 43.0. The number of aliphatic imine (C=N–C) groups is 2. The van der Waals surface area contributed by atoms with Crippen LogP contribution in [0.25, 0.3) is 10.9 Å². The standard InChI is InChI=1S/C49H68N18O9S2/c1-26-41(70)63-37(20-30-22-55-25-59-30)46(75)64-35(18-28-10-4-3-5-11-28)44(73)62-34(15-9-17-57-49(53)54)43(72)65-36(19-29-21-58-32-13-7-6-12-31(29)32)45(74)66-38(40(50)69)23-77-78-24-39(47(76)60-26)67-42(71)33(61-27(2)68)14-8-16-56-48(51)52/h3-7,10-13,21-22,25-26,33-39,58H,8-9,14-20,23-24H2,1-2H3,(H2,50,69)(H,55,59)(H,60,76)(H,61,68)(H,62,73)(H,63,70)(H,64,75)(H,65,72)(H,66,74)(H,67,71)(H4,51,52,56)(H4,53,54,57)/t26-,33+,34+,35?,36?,37+,38?,39?/m1/s1. The van der Waals surface area contributed by atoms with Gasteiger partial charge in [-0.05, 0) is 49.8 Å². The van der Waals surface area contributed by atoms with Crippen LogP contribution in [0, 0.1) is 0 Å². The number of benzene rings is 2. The van der Waals surface area contributed by atoms with E-state index in [2.05, 4.69) is 67.5 Å². The van der Waals surface area contributed by atoms with Crippen molar-refractivity contribution in [1.82, 2.24) is 57.5 Å². The number of guanidine groups is 2. The highest BCUT2D eigenvalue weighted by Crippen LogP contribution is 2.24. The Morgan fingerprint density at radius 1 is 0.679 bits per heavy atom. The summed E-state index contributed by atoms with van der Waals surface area (Å²) in [5, 5.41) is 22.1. The summed E-state index contributed by atoms with van der Waals surface area (Å²) in [6, 6.07) is 5.16. The van der Waals surface area contributed by atoms with Crippen molar-refractivity contribution in [3.05, 3.63) is 90.1 Å². The number of carbonyl (C=O) groups is 9. The molecule has 4 aromatic rings. The lowest BCUT2D eigenvalue weighted by Crippen LogP contribution is -2.61. The van der Waals surface area contributed by atoms with Gasteiger partial charge in [-0.1, -0.05) is 70.1 Å². The van der Waals surface area contributed by atoms with Gasteiger partial charge in [0.15, 0.2) is 11.9 Å². The van der Waals surface area contributed by atoms with E-state index < -0.39 is 101 Å². The Morgan fingerprint density at radius 2 is 1.27 bits per heavy atom. The van der Waals surface area contributed by atoms with Gasteiger partial charge in [0.2, 0.25) is 53.2 Å². The number of amides is 9. The van der Waals surface area contributed by atoms with Crippen molar-refractivity contribution in [1.29, 1.82) is 0 Å². The summed E-state index contributed by atoms with van der Waals surface area (Å²) in [5.41, 5.74) is 30.3. The highest BCUT2D eigenvalue weighted by atomic mass is 33.1. The van der Waals surface area contributed by atoms with Crippen molar-refractivity contribution >= 4 is 97.6 Å². The average Bonchev–Trinajstić information content (AvgIpc) is 4.10. The number of nitrogens with two attached hydrogens (primary N) is 5. The van der Waals surface area contributed by atoms with Crippen molar-refractivity contribution in [2.24, 2.45) is 38.7 Å². The average molecular weight is 1120 g/mol. The van der Waals surface area contributed by atoms with Crippen LogP contribution in [-0.2, 0) is 62.4 Å². The third-order valence-electron chi connectivity index (χ3n) is 12.1. The number of carbonyl (C=O) groups excluding carboxylic acids is 9. The first-order valence-corrected chi connectivity index (χ1v) is 27.4. The molecular weight excluding hydrogens is 1050 g/mol. The van der Waals surface area contributed by atoms with Crippen molar-refractivity contribution in [3.8, 4) is 0 Å². The van der Waals surface area contributed by atoms with Gasteiger partial charge >= 0.3 is 0 Å². The Hall–Kier alpha value is -8.34. The number of primary amides is 1. The van der Waals surface area contributed by atoms with Gasteiger partial charge in [0.05, 0.1) is 6.33 Å². The van der Waals surface area contributed by atoms with Crippen molar-refractivity contribution in [3.63, 3.8) is 0 Å². The molecule has 1 fully saturated rings. The molecule has 78 heavy (non-hydrogen) atoms. The van der Waals surface area contributed by atoms with Crippen LogP contribution in [-0.4, -0.2) is 153 Å². The number of imidazole rings is 1. The van der Waals surface area contributed by atoms with E-state index in [4.69, 9.17) is 28.7 Å². The minimum absolute atomic E-state index is 0.0573. The molecule has 4 unspecified atom stereocenters.